The van der Waals surface area contributed by atoms with Gasteiger partial charge in [0.25, 0.3) is 0 Å². The number of hydrogen-bond donors (Lipinski definition) is 2. The van der Waals surface area contributed by atoms with Crippen molar-refractivity contribution in [3.05, 3.63) is 28.2 Å². The van der Waals surface area contributed by atoms with Crippen LogP contribution in [0.1, 0.15) is 25.3 Å². The lowest BCUT2D eigenvalue weighted by molar-refractivity contribution is 0.203. The summed E-state index contributed by atoms with van der Waals surface area (Å²) in [6.07, 6.45) is 2.59. The summed E-state index contributed by atoms with van der Waals surface area (Å²) in [5.74, 6) is 0.147. The number of nitrogen functional groups attached to an aromatic ring is 1. The number of nitrogens with two attached hydrogens (primary N) is 1. The summed E-state index contributed by atoms with van der Waals surface area (Å²) >= 11 is 3.54. The van der Waals surface area contributed by atoms with Crippen LogP contribution in [0, 0.1) is 5.41 Å². The fraction of sp³-hybridized carbons (Fsp3) is 0.533. The van der Waals surface area contributed by atoms with Crippen LogP contribution in [0.4, 0.5) is 5.69 Å². The van der Waals surface area contributed by atoms with E-state index in [4.69, 9.17) is 11.1 Å². The standard InChI is InChI=1S/C15H21BrN4/c1-10-8-19-6-2-3-12(19)9-20(10)14-7-11(16)4-5-13(14)15(17)18/h4-5,7,10,12H,2-3,6,8-9H2,1H3,(H3,17,18). The molecule has 2 saturated heterocycles. The van der Waals surface area contributed by atoms with E-state index in [2.05, 4.69) is 38.7 Å². The highest BCUT2D eigenvalue weighted by Gasteiger charge is 2.35. The first-order chi connectivity index (χ1) is 9.56. The maximum Gasteiger partial charge on any atom is 0.124 e. The molecular weight excluding hydrogens is 316 g/mol. The Kier molecular flexibility index (Phi) is 3.73. The summed E-state index contributed by atoms with van der Waals surface area (Å²) in [5, 5.41) is 7.80. The monoisotopic (exact) mass is 336 g/mol. The third kappa shape index (κ3) is 2.44. The Morgan fingerprint density at radius 1 is 1.40 bits per heavy atom. The van der Waals surface area contributed by atoms with Crippen LogP contribution in [0.25, 0.3) is 0 Å². The average Bonchev–Trinajstić information content (AvgIpc) is 2.84. The van der Waals surface area contributed by atoms with E-state index in [1.165, 1.54) is 19.4 Å². The van der Waals surface area contributed by atoms with Gasteiger partial charge in [0.2, 0.25) is 0 Å². The Bertz CT molecular complexity index is 531. The van der Waals surface area contributed by atoms with Crippen LogP contribution in [0.5, 0.6) is 0 Å². The van der Waals surface area contributed by atoms with Crippen LogP contribution in [0.15, 0.2) is 22.7 Å². The third-order valence-corrected chi connectivity index (χ3v) is 4.99. The molecule has 0 bridgehead atoms. The Balaban J connectivity index is 1.95. The van der Waals surface area contributed by atoms with Gasteiger partial charge < -0.3 is 10.6 Å². The second-order valence-corrected chi connectivity index (χ2v) is 6.78. The molecule has 0 spiro atoms. The average molecular weight is 337 g/mol. The number of anilines is 1. The summed E-state index contributed by atoms with van der Waals surface area (Å²) in [7, 11) is 0. The van der Waals surface area contributed by atoms with E-state index in [0.717, 1.165) is 28.8 Å². The molecule has 0 radical (unpaired) electrons. The Morgan fingerprint density at radius 3 is 2.95 bits per heavy atom. The number of halogens is 1. The first-order valence-electron chi connectivity index (χ1n) is 7.21. The third-order valence-electron chi connectivity index (χ3n) is 4.50. The Labute approximate surface area is 128 Å². The molecule has 0 amide bonds. The number of piperazine rings is 1. The number of hydrogen-bond acceptors (Lipinski definition) is 3. The van der Waals surface area contributed by atoms with Gasteiger partial charge in [-0.3, -0.25) is 10.3 Å². The van der Waals surface area contributed by atoms with Gasteiger partial charge in [-0.2, -0.15) is 0 Å². The number of rotatable bonds is 2. The summed E-state index contributed by atoms with van der Waals surface area (Å²) in [6.45, 7) is 5.65. The van der Waals surface area contributed by atoms with Crippen molar-refractivity contribution < 1.29 is 0 Å². The second kappa shape index (κ2) is 5.37. The maximum atomic E-state index is 7.80. The first kappa shape index (κ1) is 13.9. The summed E-state index contributed by atoms with van der Waals surface area (Å²) in [6, 6.07) is 7.10. The quantitative estimate of drug-likeness (QED) is 0.644. The molecule has 2 fully saturated rings. The number of benzene rings is 1. The van der Waals surface area contributed by atoms with E-state index in [1.54, 1.807) is 0 Å². The van der Waals surface area contributed by atoms with Gasteiger partial charge in [-0.05, 0) is 44.5 Å². The van der Waals surface area contributed by atoms with Crippen LogP contribution >= 0.6 is 15.9 Å². The minimum atomic E-state index is 0.147. The maximum absolute atomic E-state index is 7.80. The lowest BCUT2D eigenvalue weighted by Crippen LogP contribution is -2.55. The highest BCUT2D eigenvalue weighted by atomic mass is 79.9. The lowest BCUT2D eigenvalue weighted by atomic mass is 10.0. The van der Waals surface area contributed by atoms with Crippen molar-refractivity contribution in [2.75, 3.05) is 24.5 Å². The number of fused-ring (bicyclic) bond motifs is 1. The van der Waals surface area contributed by atoms with Gasteiger partial charge in [-0.1, -0.05) is 15.9 Å². The summed E-state index contributed by atoms with van der Waals surface area (Å²) in [4.78, 5) is 5.03. The predicted octanol–water partition coefficient (Wildman–Crippen LogP) is 2.41. The van der Waals surface area contributed by atoms with Gasteiger partial charge in [0, 0.05) is 40.9 Å². The molecule has 0 aromatic heterocycles. The first-order valence-corrected chi connectivity index (χ1v) is 8.00. The normalized spacial score (nSPS) is 26.6. The van der Waals surface area contributed by atoms with Crippen molar-refractivity contribution >= 4 is 27.5 Å². The fourth-order valence-electron chi connectivity index (χ4n) is 3.49. The molecule has 20 heavy (non-hydrogen) atoms. The molecule has 1 aromatic rings. The molecular formula is C15H21BrN4. The summed E-state index contributed by atoms with van der Waals surface area (Å²) in [5.41, 5.74) is 7.68. The van der Waals surface area contributed by atoms with Crippen molar-refractivity contribution in [2.24, 2.45) is 5.73 Å². The van der Waals surface area contributed by atoms with Crippen molar-refractivity contribution in [1.82, 2.24) is 4.90 Å². The van der Waals surface area contributed by atoms with E-state index in [0.29, 0.717) is 12.1 Å². The zero-order valence-corrected chi connectivity index (χ0v) is 13.4. The van der Waals surface area contributed by atoms with Crippen LogP contribution in [-0.2, 0) is 0 Å². The van der Waals surface area contributed by atoms with Gasteiger partial charge >= 0.3 is 0 Å². The smallest absolute Gasteiger partial charge is 0.124 e. The molecule has 2 unspecified atom stereocenters. The Hall–Kier alpha value is -1.07. The van der Waals surface area contributed by atoms with Crippen molar-refractivity contribution in [2.45, 2.75) is 31.8 Å². The highest BCUT2D eigenvalue weighted by Crippen LogP contribution is 2.32. The molecule has 2 heterocycles. The molecule has 2 aliphatic rings. The van der Waals surface area contributed by atoms with Crippen LogP contribution in [0.3, 0.4) is 0 Å². The molecule has 108 valence electrons. The SMILES string of the molecule is CC1CN2CCCC2CN1c1cc(Br)ccc1C(=N)N. The van der Waals surface area contributed by atoms with Crippen molar-refractivity contribution in [1.29, 1.82) is 5.41 Å². The molecule has 0 saturated carbocycles. The molecule has 3 rings (SSSR count). The largest absolute Gasteiger partial charge is 0.384 e. The topological polar surface area (TPSA) is 56.4 Å². The molecule has 1 aromatic carbocycles. The fourth-order valence-corrected chi connectivity index (χ4v) is 3.84. The van der Waals surface area contributed by atoms with Gasteiger partial charge in [-0.15, -0.1) is 0 Å². The van der Waals surface area contributed by atoms with Crippen molar-refractivity contribution in [3.8, 4) is 0 Å². The molecule has 2 aliphatic heterocycles. The van der Waals surface area contributed by atoms with Crippen LogP contribution < -0.4 is 10.6 Å². The predicted molar refractivity (Wildman–Crippen MR) is 86.6 cm³/mol. The molecule has 4 nitrogen and oxygen atoms in total. The highest BCUT2D eigenvalue weighted by molar-refractivity contribution is 9.10. The van der Waals surface area contributed by atoms with Gasteiger partial charge in [0.15, 0.2) is 0 Å². The Morgan fingerprint density at radius 2 is 2.20 bits per heavy atom. The van der Waals surface area contributed by atoms with E-state index >= 15 is 0 Å². The number of nitrogens with zero attached hydrogens (tertiary/aromatic N) is 2. The lowest BCUT2D eigenvalue weighted by Gasteiger charge is -2.44. The zero-order valence-electron chi connectivity index (χ0n) is 11.8. The van der Waals surface area contributed by atoms with E-state index in [-0.39, 0.29) is 5.84 Å². The minimum Gasteiger partial charge on any atom is -0.384 e. The van der Waals surface area contributed by atoms with Gasteiger partial charge in [-0.25, -0.2) is 0 Å². The minimum absolute atomic E-state index is 0.147. The zero-order chi connectivity index (χ0) is 14.3. The number of nitrogens with one attached hydrogen (secondary N) is 1. The van der Waals surface area contributed by atoms with Crippen molar-refractivity contribution in [3.63, 3.8) is 0 Å². The van der Waals surface area contributed by atoms with E-state index in [1.807, 2.05) is 12.1 Å². The molecule has 0 aliphatic carbocycles. The van der Waals surface area contributed by atoms with E-state index in [9.17, 15) is 0 Å². The van der Waals surface area contributed by atoms with Gasteiger partial charge in [0.05, 0.1) is 0 Å². The molecule has 5 heteroatoms. The summed E-state index contributed by atoms with van der Waals surface area (Å²) < 4.78 is 1.04. The molecule has 2 atom stereocenters. The number of amidine groups is 1. The van der Waals surface area contributed by atoms with E-state index < -0.39 is 0 Å². The van der Waals surface area contributed by atoms with Crippen LogP contribution in [0.2, 0.25) is 0 Å². The van der Waals surface area contributed by atoms with Gasteiger partial charge in [0.1, 0.15) is 5.84 Å². The molecule has 3 N–H and O–H groups in total. The van der Waals surface area contributed by atoms with Crippen LogP contribution in [-0.4, -0.2) is 42.5 Å². The second-order valence-electron chi connectivity index (χ2n) is 5.87.